The first-order valence-corrected chi connectivity index (χ1v) is 10.7. The third-order valence-electron chi connectivity index (χ3n) is 7.49. The van der Waals surface area contributed by atoms with Gasteiger partial charge in [0.15, 0.2) is 0 Å². The Bertz CT molecular complexity index is 839. The van der Waals surface area contributed by atoms with Crippen LogP contribution in [0.5, 0.6) is 5.75 Å². The molecular weight excluding hydrogens is 370 g/mol. The van der Waals surface area contributed by atoms with Crippen LogP contribution in [0, 0.1) is 11.8 Å². The van der Waals surface area contributed by atoms with Crippen molar-refractivity contribution in [2.75, 3.05) is 26.7 Å². The van der Waals surface area contributed by atoms with E-state index in [0.717, 1.165) is 48.7 Å². The summed E-state index contributed by atoms with van der Waals surface area (Å²) in [7, 11) is 1.63. The lowest BCUT2D eigenvalue weighted by molar-refractivity contribution is -0.125. The Morgan fingerprint density at radius 1 is 1.28 bits per heavy atom. The summed E-state index contributed by atoms with van der Waals surface area (Å²) >= 11 is 0. The van der Waals surface area contributed by atoms with Crippen molar-refractivity contribution < 1.29 is 19.4 Å². The maximum Gasteiger partial charge on any atom is 0.321 e. The highest BCUT2D eigenvalue weighted by Gasteiger charge is 2.57. The van der Waals surface area contributed by atoms with Crippen molar-refractivity contribution in [3.05, 3.63) is 29.3 Å². The lowest BCUT2D eigenvalue weighted by Gasteiger charge is -2.58. The molecule has 2 aliphatic heterocycles. The van der Waals surface area contributed by atoms with Crippen LogP contribution >= 0.6 is 0 Å². The first-order chi connectivity index (χ1) is 14.0. The molecule has 3 amide bonds. The molecule has 1 aromatic carbocycles. The number of aliphatic hydroxyl groups is 1. The number of ether oxygens (including phenoxy) is 1. The number of methoxy groups -OCH3 is 1. The monoisotopic (exact) mass is 399 g/mol. The molecule has 0 radical (unpaired) electrons. The Morgan fingerprint density at radius 3 is 2.86 bits per heavy atom. The highest BCUT2D eigenvalue weighted by molar-refractivity contribution is 5.95. The molecule has 3 N–H and O–H groups in total. The lowest BCUT2D eigenvalue weighted by atomic mass is 9.54. The van der Waals surface area contributed by atoms with Crippen LogP contribution in [-0.2, 0) is 10.2 Å². The zero-order valence-corrected chi connectivity index (χ0v) is 16.8. The van der Waals surface area contributed by atoms with Gasteiger partial charge < -0.3 is 15.2 Å². The van der Waals surface area contributed by atoms with Crippen LogP contribution in [0.2, 0.25) is 0 Å². The second-order valence-electron chi connectivity index (χ2n) is 9.11. The summed E-state index contributed by atoms with van der Waals surface area (Å²) in [6.45, 7) is 2.36. The molecule has 2 heterocycles. The van der Waals surface area contributed by atoms with Crippen molar-refractivity contribution in [2.24, 2.45) is 11.8 Å². The molecule has 2 aliphatic carbocycles. The fourth-order valence-corrected chi connectivity index (χ4v) is 6.00. The molecule has 0 spiro atoms. The smallest absolute Gasteiger partial charge is 0.321 e. The molecule has 4 atom stereocenters. The minimum Gasteiger partial charge on any atom is -0.497 e. The summed E-state index contributed by atoms with van der Waals surface area (Å²) in [6, 6.07) is 5.38. The van der Waals surface area contributed by atoms with Gasteiger partial charge in [0.1, 0.15) is 5.75 Å². The number of amides is 3. The number of benzene rings is 1. The molecule has 29 heavy (non-hydrogen) atoms. The van der Waals surface area contributed by atoms with E-state index in [4.69, 9.17) is 4.74 Å². The second-order valence-corrected chi connectivity index (χ2v) is 9.11. The highest BCUT2D eigenvalue weighted by Crippen LogP contribution is 2.56. The molecule has 1 saturated carbocycles. The number of likely N-dealkylation sites (tertiary alicyclic amines) is 1. The van der Waals surface area contributed by atoms with E-state index in [9.17, 15) is 14.7 Å². The molecule has 5 rings (SSSR count). The van der Waals surface area contributed by atoms with Gasteiger partial charge in [0.2, 0.25) is 5.91 Å². The van der Waals surface area contributed by atoms with Crippen molar-refractivity contribution in [1.82, 2.24) is 15.5 Å². The zero-order valence-electron chi connectivity index (χ0n) is 16.8. The van der Waals surface area contributed by atoms with Gasteiger partial charge in [-0.3, -0.25) is 15.0 Å². The zero-order chi connectivity index (χ0) is 20.2. The number of rotatable bonds is 3. The van der Waals surface area contributed by atoms with Gasteiger partial charge in [-0.05, 0) is 67.3 Å². The fraction of sp³-hybridized carbons (Fsp3) is 0.636. The van der Waals surface area contributed by atoms with E-state index < -0.39 is 17.6 Å². The highest BCUT2D eigenvalue weighted by atomic mass is 16.5. The molecule has 156 valence electrons. The van der Waals surface area contributed by atoms with E-state index in [1.165, 1.54) is 12.8 Å². The molecule has 2 bridgehead atoms. The van der Waals surface area contributed by atoms with Crippen molar-refractivity contribution in [3.63, 3.8) is 0 Å². The number of nitrogens with zero attached hydrogens (tertiary/aromatic N) is 1. The van der Waals surface area contributed by atoms with Gasteiger partial charge >= 0.3 is 6.03 Å². The minimum absolute atomic E-state index is 0.0342. The largest absolute Gasteiger partial charge is 0.497 e. The maximum absolute atomic E-state index is 12.8. The van der Waals surface area contributed by atoms with E-state index >= 15 is 0 Å². The van der Waals surface area contributed by atoms with Gasteiger partial charge in [0.25, 0.3) is 0 Å². The second kappa shape index (κ2) is 6.99. The van der Waals surface area contributed by atoms with Crippen LogP contribution in [0.3, 0.4) is 0 Å². The first kappa shape index (κ1) is 18.9. The predicted octanol–water partition coefficient (Wildman–Crippen LogP) is 1.70. The number of fused-ring (bicyclic) bond motifs is 1. The van der Waals surface area contributed by atoms with E-state index in [0.29, 0.717) is 6.54 Å². The third kappa shape index (κ3) is 3.11. The molecule has 2 saturated heterocycles. The molecule has 3 fully saturated rings. The number of nitrogens with one attached hydrogen (secondary N) is 2. The Kier molecular flexibility index (Phi) is 4.55. The lowest BCUT2D eigenvalue weighted by Crippen LogP contribution is -2.62. The molecule has 0 aromatic heterocycles. The Morgan fingerprint density at radius 2 is 2.10 bits per heavy atom. The van der Waals surface area contributed by atoms with Crippen LogP contribution in [-0.4, -0.2) is 54.7 Å². The summed E-state index contributed by atoms with van der Waals surface area (Å²) in [5, 5.41) is 16.7. The van der Waals surface area contributed by atoms with Gasteiger partial charge in [-0.1, -0.05) is 6.07 Å². The average molecular weight is 399 g/mol. The number of hydrogen-bond donors (Lipinski definition) is 3. The number of carbonyl (C=O) groups excluding carboxylic acids is 2. The number of aliphatic hydroxyl groups excluding tert-OH is 1. The number of urea groups is 1. The van der Waals surface area contributed by atoms with Crippen LogP contribution in [0.1, 0.15) is 49.3 Å². The summed E-state index contributed by atoms with van der Waals surface area (Å²) in [5.74, 6) is 1.30. The molecule has 7 nitrogen and oxygen atoms in total. The molecule has 7 heteroatoms. The van der Waals surface area contributed by atoms with E-state index in [-0.39, 0.29) is 24.3 Å². The van der Waals surface area contributed by atoms with Crippen LogP contribution in [0.25, 0.3) is 0 Å². The van der Waals surface area contributed by atoms with Crippen LogP contribution in [0.15, 0.2) is 18.2 Å². The molecular formula is C22H29N3O4. The number of carbonyl (C=O) groups is 2. The van der Waals surface area contributed by atoms with Crippen molar-refractivity contribution >= 4 is 11.9 Å². The van der Waals surface area contributed by atoms with E-state index in [1.54, 1.807) is 7.11 Å². The normalized spacial score (nSPS) is 34.6. The van der Waals surface area contributed by atoms with Gasteiger partial charge in [0.05, 0.1) is 13.2 Å². The summed E-state index contributed by atoms with van der Waals surface area (Å²) in [5.41, 5.74) is 1.52. The third-order valence-corrected chi connectivity index (χ3v) is 7.49. The molecule has 1 aromatic rings. The van der Waals surface area contributed by atoms with Gasteiger partial charge in [-0.25, -0.2) is 4.79 Å². The quantitative estimate of drug-likeness (QED) is 0.720. The van der Waals surface area contributed by atoms with E-state index in [1.807, 2.05) is 18.2 Å². The van der Waals surface area contributed by atoms with Crippen molar-refractivity contribution in [2.45, 2.75) is 49.7 Å². The number of hydrogen-bond acceptors (Lipinski definition) is 5. The number of piperidine rings is 1. The standard InChI is InChI=1S/C22H29N3O4/c1-29-14-4-5-15-17(10-14)22-7-9-25(12-13-2-3-13)19(20(15)27)16(22)6-8-23-21(28)24-18(26)11-22/h4-5,10,13,16,19-20,27H,2-3,6-9,11-12H2,1H3,(H2,23,24,26,28)/t16-,19-,20+,22-/m0/s1. The van der Waals surface area contributed by atoms with Crippen molar-refractivity contribution in [3.8, 4) is 5.75 Å². The summed E-state index contributed by atoms with van der Waals surface area (Å²) in [4.78, 5) is 27.2. The Labute approximate surface area is 170 Å². The summed E-state index contributed by atoms with van der Waals surface area (Å²) < 4.78 is 5.48. The fourth-order valence-electron chi connectivity index (χ4n) is 6.00. The van der Waals surface area contributed by atoms with Crippen LogP contribution < -0.4 is 15.4 Å². The maximum atomic E-state index is 12.8. The topological polar surface area (TPSA) is 90.9 Å². The van der Waals surface area contributed by atoms with Crippen molar-refractivity contribution in [1.29, 1.82) is 0 Å². The number of imide groups is 1. The van der Waals surface area contributed by atoms with E-state index in [2.05, 4.69) is 15.5 Å². The van der Waals surface area contributed by atoms with Gasteiger partial charge in [0, 0.05) is 31.0 Å². The predicted molar refractivity (Wildman–Crippen MR) is 107 cm³/mol. The van der Waals surface area contributed by atoms with Gasteiger partial charge in [-0.15, -0.1) is 0 Å². The molecule has 0 unspecified atom stereocenters. The van der Waals surface area contributed by atoms with Gasteiger partial charge in [-0.2, -0.15) is 0 Å². The Balaban J connectivity index is 1.64. The minimum atomic E-state index is -0.604. The summed E-state index contributed by atoms with van der Waals surface area (Å²) in [6.07, 6.45) is 3.76. The SMILES string of the molecule is COc1ccc2c(c1)[C@]13CCN(CC4CC4)[C@H]([C@@H]2O)[C@@H]1CCNC(=O)NC(=O)C3. The first-order valence-electron chi connectivity index (χ1n) is 10.7. The molecule has 4 aliphatic rings. The average Bonchev–Trinajstić information content (AvgIpc) is 3.51. The van der Waals surface area contributed by atoms with Crippen LogP contribution in [0.4, 0.5) is 4.79 Å². The Hall–Kier alpha value is -2.12.